The van der Waals surface area contributed by atoms with Crippen molar-refractivity contribution in [2.24, 2.45) is 22.9 Å². The second-order valence-electron chi connectivity index (χ2n) is 10.3. The minimum Gasteiger partial charge on any atom is -0.481 e. The molecule has 0 radical (unpaired) electrons. The van der Waals surface area contributed by atoms with Crippen LogP contribution in [0.25, 0.3) is 0 Å². The third kappa shape index (κ3) is 9.48. The first-order chi connectivity index (χ1) is 18.8. The minimum absolute atomic E-state index is 0.0285. The van der Waals surface area contributed by atoms with Gasteiger partial charge in [0, 0.05) is 25.0 Å². The van der Waals surface area contributed by atoms with Gasteiger partial charge in [-0.15, -0.1) is 0 Å². The van der Waals surface area contributed by atoms with Crippen LogP contribution < -0.4 is 28.3 Å². The van der Waals surface area contributed by atoms with Crippen LogP contribution in [0.4, 0.5) is 0 Å². The Hall–Kier alpha value is -1.58. The van der Waals surface area contributed by atoms with Crippen LogP contribution in [0, 0.1) is 0 Å². The Balaban J connectivity index is 1.98. The van der Waals surface area contributed by atoms with Gasteiger partial charge in [-0.1, -0.05) is 0 Å². The summed E-state index contributed by atoms with van der Waals surface area (Å²) in [5.74, 6) is -1.92. The molecule has 1 saturated heterocycles. The van der Waals surface area contributed by atoms with Crippen LogP contribution >= 0.6 is 0 Å². The Morgan fingerprint density at radius 2 is 1.70 bits per heavy atom. The lowest BCUT2D eigenvalue weighted by molar-refractivity contribution is -0.275. The van der Waals surface area contributed by atoms with Gasteiger partial charge < -0.3 is 77.8 Å². The van der Waals surface area contributed by atoms with Crippen LogP contribution in [0.3, 0.4) is 0 Å². The second-order valence-corrected chi connectivity index (χ2v) is 10.3. The molecule has 234 valence electrons. The Labute approximate surface area is 231 Å². The Morgan fingerprint density at radius 3 is 2.27 bits per heavy atom. The van der Waals surface area contributed by atoms with Gasteiger partial charge in [-0.2, -0.15) is 0 Å². The molecule has 1 heterocycles. The van der Waals surface area contributed by atoms with Crippen LogP contribution in [-0.4, -0.2) is 142 Å². The summed E-state index contributed by atoms with van der Waals surface area (Å²) in [7, 11) is 0. The first-order valence-electron chi connectivity index (χ1n) is 13.2. The predicted octanol–water partition coefficient (Wildman–Crippen LogP) is -5.64. The zero-order valence-corrected chi connectivity index (χ0v) is 22.4. The van der Waals surface area contributed by atoms with E-state index in [1.807, 2.05) is 0 Å². The largest absolute Gasteiger partial charge is 0.481 e. The second kappa shape index (κ2) is 16.2. The summed E-state index contributed by atoms with van der Waals surface area (Å²) in [6, 6.07) is -3.47. The van der Waals surface area contributed by atoms with E-state index in [0.717, 1.165) is 0 Å². The lowest BCUT2D eigenvalue weighted by atomic mass is 9.84. The highest BCUT2D eigenvalue weighted by atomic mass is 16.7. The van der Waals surface area contributed by atoms with Gasteiger partial charge in [-0.25, -0.2) is 0 Å². The summed E-state index contributed by atoms with van der Waals surface area (Å²) in [5.41, 5.74) is 24.0. The fraction of sp³-hybridized carbons (Fsp3) is 0.913. The number of hydrogen-bond donors (Lipinski definition) is 11. The van der Waals surface area contributed by atoms with Crippen molar-refractivity contribution < 1.29 is 59.2 Å². The summed E-state index contributed by atoms with van der Waals surface area (Å²) in [6.07, 6.45) is -10.8. The zero-order valence-electron chi connectivity index (χ0n) is 22.4. The standard InChI is InChI=1S/C23H45N5O12/c1-9(30)18(28-16(32)2-3-17(33)34)19(35)15(7-29)37-8-38-21-10(25)4-11(26)22(20(21)36)40-23-12(27)5-13(31)14(6-24)39-23/h9-15,18-23,29-31,35-36H,2-8,24-27H2,1H3,(H,28,32)(H,33,34). The molecule has 13 atom stereocenters. The monoisotopic (exact) mass is 583 g/mol. The number of aliphatic carboxylic acids is 1. The maximum atomic E-state index is 12.0. The van der Waals surface area contributed by atoms with E-state index >= 15 is 0 Å². The van der Waals surface area contributed by atoms with Crippen LogP contribution in [0.1, 0.15) is 32.6 Å². The van der Waals surface area contributed by atoms with Crippen molar-refractivity contribution in [2.45, 2.75) is 112 Å². The van der Waals surface area contributed by atoms with Gasteiger partial charge in [-0.05, 0) is 19.8 Å². The number of carboxylic acids is 1. The molecule has 1 saturated carbocycles. The van der Waals surface area contributed by atoms with Gasteiger partial charge in [0.05, 0.1) is 43.4 Å². The molecule has 0 aromatic carbocycles. The molecule has 15 N–H and O–H groups in total. The topological polar surface area (TPSA) is 309 Å². The van der Waals surface area contributed by atoms with Gasteiger partial charge in [-0.3, -0.25) is 9.59 Å². The number of carbonyl (C=O) groups is 2. The summed E-state index contributed by atoms with van der Waals surface area (Å²) in [4.78, 5) is 22.7. The van der Waals surface area contributed by atoms with E-state index in [-0.39, 0.29) is 25.8 Å². The lowest BCUT2D eigenvalue weighted by Gasteiger charge is -2.45. The molecular weight excluding hydrogens is 538 g/mol. The van der Waals surface area contributed by atoms with Gasteiger partial charge in [0.25, 0.3) is 0 Å². The molecule has 0 aromatic rings. The maximum Gasteiger partial charge on any atom is 0.303 e. The van der Waals surface area contributed by atoms with Crippen molar-refractivity contribution >= 4 is 11.9 Å². The average molecular weight is 584 g/mol. The molecule has 0 bridgehead atoms. The highest BCUT2D eigenvalue weighted by molar-refractivity contribution is 5.80. The maximum absolute atomic E-state index is 12.0. The number of rotatable bonds is 15. The van der Waals surface area contributed by atoms with Gasteiger partial charge in [0.1, 0.15) is 37.3 Å². The van der Waals surface area contributed by atoms with E-state index in [0.29, 0.717) is 0 Å². The smallest absolute Gasteiger partial charge is 0.303 e. The van der Waals surface area contributed by atoms with E-state index in [2.05, 4.69) is 5.32 Å². The lowest BCUT2D eigenvalue weighted by Crippen LogP contribution is -2.65. The molecule has 2 rings (SSSR count). The number of carbonyl (C=O) groups excluding carboxylic acids is 1. The summed E-state index contributed by atoms with van der Waals surface area (Å²) in [6.45, 7) is 0.00989. The summed E-state index contributed by atoms with van der Waals surface area (Å²) < 4.78 is 22.6. The molecule has 1 aliphatic carbocycles. The molecule has 1 amide bonds. The fourth-order valence-corrected chi connectivity index (χ4v) is 4.75. The van der Waals surface area contributed by atoms with Gasteiger partial charge in [0.15, 0.2) is 6.29 Å². The average Bonchev–Trinajstić information content (AvgIpc) is 2.88. The van der Waals surface area contributed by atoms with E-state index in [9.17, 15) is 35.1 Å². The molecule has 13 unspecified atom stereocenters. The van der Waals surface area contributed by atoms with Crippen LogP contribution in [-0.2, 0) is 28.5 Å². The van der Waals surface area contributed by atoms with E-state index in [1.54, 1.807) is 0 Å². The van der Waals surface area contributed by atoms with Gasteiger partial charge in [0.2, 0.25) is 5.91 Å². The van der Waals surface area contributed by atoms with Crippen LogP contribution in [0.5, 0.6) is 0 Å². The minimum atomic E-state index is -1.62. The van der Waals surface area contributed by atoms with Crippen molar-refractivity contribution in [1.82, 2.24) is 5.32 Å². The zero-order chi connectivity index (χ0) is 30.1. The van der Waals surface area contributed by atoms with Crippen LogP contribution in [0.15, 0.2) is 0 Å². The number of carboxylic acid groups (broad SMARTS) is 1. The van der Waals surface area contributed by atoms with Crippen molar-refractivity contribution in [3.63, 3.8) is 0 Å². The molecule has 2 fully saturated rings. The number of ether oxygens (including phenoxy) is 4. The SMILES string of the molecule is CC(O)C(NC(=O)CCC(=O)O)C(O)C(CO)OCOC1C(N)CC(N)C(OC2OC(CN)C(O)CC2N)C1O. The molecule has 1 aliphatic heterocycles. The summed E-state index contributed by atoms with van der Waals surface area (Å²) in [5, 5.41) is 62.5. The number of nitrogens with one attached hydrogen (secondary N) is 1. The van der Waals surface area contributed by atoms with Crippen molar-refractivity contribution in [2.75, 3.05) is 19.9 Å². The molecule has 40 heavy (non-hydrogen) atoms. The van der Waals surface area contributed by atoms with Crippen molar-refractivity contribution in [3.8, 4) is 0 Å². The highest BCUT2D eigenvalue weighted by Gasteiger charge is 2.46. The molecule has 0 spiro atoms. The number of nitrogens with two attached hydrogens (primary N) is 4. The highest BCUT2D eigenvalue weighted by Crippen LogP contribution is 2.28. The van der Waals surface area contributed by atoms with E-state index in [1.165, 1.54) is 6.92 Å². The Kier molecular flexibility index (Phi) is 14.0. The predicted molar refractivity (Wildman–Crippen MR) is 136 cm³/mol. The molecule has 2 aliphatic rings. The Morgan fingerprint density at radius 1 is 1.05 bits per heavy atom. The first kappa shape index (κ1) is 34.6. The quantitative estimate of drug-likeness (QED) is 0.0800. The number of aliphatic hydroxyl groups is 5. The fourth-order valence-electron chi connectivity index (χ4n) is 4.75. The van der Waals surface area contributed by atoms with Gasteiger partial charge >= 0.3 is 5.97 Å². The molecule has 0 aromatic heterocycles. The van der Waals surface area contributed by atoms with E-state index in [4.69, 9.17) is 47.0 Å². The Bertz CT molecular complexity index is 797. The van der Waals surface area contributed by atoms with Crippen LogP contribution in [0.2, 0.25) is 0 Å². The number of amides is 1. The van der Waals surface area contributed by atoms with Crippen molar-refractivity contribution in [1.29, 1.82) is 0 Å². The first-order valence-corrected chi connectivity index (χ1v) is 13.2. The number of hydrogen-bond acceptors (Lipinski definition) is 15. The molecule has 17 nitrogen and oxygen atoms in total. The third-order valence-corrected chi connectivity index (χ3v) is 7.07. The normalized spacial score (nSPS) is 35.9. The van der Waals surface area contributed by atoms with Crippen molar-refractivity contribution in [3.05, 3.63) is 0 Å². The van der Waals surface area contributed by atoms with E-state index < -0.39 is 111 Å². The molecular formula is C23H45N5O12. The molecule has 17 heteroatoms. The number of aliphatic hydroxyl groups excluding tert-OH is 5. The third-order valence-electron chi connectivity index (χ3n) is 7.07. The summed E-state index contributed by atoms with van der Waals surface area (Å²) >= 11 is 0.